The van der Waals surface area contributed by atoms with E-state index in [1.54, 1.807) is 0 Å². The molecule has 2 aliphatic heterocycles. The Morgan fingerprint density at radius 1 is 0.364 bits per heavy atom. The predicted octanol–water partition coefficient (Wildman–Crippen LogP) is 17.9. The van der Waals surface area contributed by atoms with Gasteiger partial charge >= 0.3 is 0 Å². The van der Waals surface area contributed by atoms with E-state index in [1.165, 1.54) is 11.1 Å². The summed E-state index contributed by atoms with van der Waals surface area (Å²) < 4.78 is 0. The first-order valence-electron chi connectivity index (χ1n) is 31.3. The molecular weight excluding hydrogens is 1090 g/mol. The molecule has 4 aromatic carbocycles. The van der Waals surface area contributed by atoms with Crippen LogP contribution in [0.25, 0.3) is 90.9 Å². The maximum absolute atomic E-state index is 14.4. The summed E-state index contributed by atoms with van der Waals surface area (Å²) in [7, 11) is 0. The average Bonchev–Trinajstić information content (AvgIpc) is 1.66. The smallest absolute Gasteiger partial charge is 0.228 e. The number of amides is 4. The van der Waals surface area contributed by atoms with Crippen LogP contribution >= 0.6 is 0 Å². The minimum absolute atomic E-state index is 0.0751. The Bertz CT molecular complexity index is 3960. The second-order valence-electron chi connectivity index (χ2n) is 30.6. The summed E-state index contributed by atoms with van der Waals surface area (Å²) in [5.41, 5.74) is 15.4. The molecule has 5 heterocycles. The average molecular weight is 1170 g/mol. The third-order valence-electron chi connectivity index (χ3n) is 19.8. The number of nitrogens with one attached hydrogen (secondary N) is 6. The number of carbonyl (C=O) groups excluding carboxylic acids is 4. The first kappa shape index (κ1) is 58.4. The van der Waals surface area contributed by atoms with Crippen LogP contribution in [0.3, 0.4) is 0 Å². The molecule has 4 saturated carbocycles. The third-order valence-corrected chi connectivity index (χ3v) is 19.8. The van der Waals surface area contributed by atoms with Gasteiger partial charge in [-0.25, -0.2) is 9.97 Å². The predicted molar refractivity (Wildman–Crippen MR) is 360 cm³/mol. The lowest BCUT2D eigenvalue weighted by atomic mass is 9.86. The summed E-state index contributed by atoms with van der Waals surface area (Å²) in [5.74, 6) is -1.00. The van der Waals surface area contributed by atoms with Gasteiger partial charge in [-0.15, -0.1) is 0 Å². The van der Waals surface area contributed by atoms with Gasteiger partial charge in [0.05, 0.1) is 45.5 Å². The highest BCUT2D eigenvalue weighted by Crippen LogP contribution is 2.56. The van der Waals surface area contributed by atoms with Crippen LogP contribution in [0.1, 0.15) is 157 Å². The van der Waals surface area contributed by atoms with Crippen molar-refractivity contribution in [3.63, 3.8) is 0 Å². The van der Waals surface area contributed by atoms with Crippen molar-refractivity contribution >= 4 is 92.7 Å². The van der Waals surface area contributed by atoms with Gasteiger partial charge in [-0.3, -0.25) is 19.2 Å². The molecule has 12 heteroatoms. The molecular formula is C76H82N8O4. The Labute approximate surface area is 517 Å². The van der Waals surface area contributed by atoms with E-state index >= 15 is 0 Å². The number of rotatable bonds is 12. The molecule has 0 radical (unpaired) electrons. The molecule has 8 bridgehead atoms. The Hall–Kier alpha value is -8.64. The minimum atomic E-state index is -0.175. The Balaban J connectivity index is 1.14. The van der Waals surface area contributed by atoms with Gasteiger partial charge in [-0.1, -0.05) is 158 Å². The number of carbonyl (C=O) groups is 4. The molecule has 3 aromatic heterocycles. The number of aromatic amines is 2. The lowest BCUT2D eigenvalue weighted by Gasteiger charge is -2.19. The molecule has 6 aliphatic rings. The van der Waals surface area contributed by atoms with Crippen LogP contribution in [-0.2, 0) is 30.0 Å². The van der Waals surface area contributed by atoms with E-state index in [4.69, 9.17) is 9.97 Å². The SMILES string of the molecule is CC(C)(C)c1ccc(-c2c3nc(c(-c4c(NC(=O)[C@H]5CC5(C)C)cccc4NC(=O)[C@H]4CC4(C)C)c4ccc([nH]4)c(-c4ccc(C(C)(C)C)cc4)c4nc(c(-c5c(NC(=O)[C@H]6CC6(C)C)cccc5NC(=O)[C@H]5CC5(C)C)c5ccc2[nH]5)C=C4)C=C3)cc1. The van der Waals surface area contributed by atoms with E-state index < -0.39 is 0 Å². The first-order chi connectivity index (χ1) is 41.5. The molecule has 0 saturated heterocycles. The lowest BCUT2D eigenvalue weighted by Crippen LogP contribution is -2.19. The highest BCUT2D eigenvalue weighted by molar-refractivity contribution is 6.12. The van der Waals surface area contributed by atoms with Crippen molar-refractivity contribution in [3.8, 4) is 44.5 Å². The fraction of sp³-hybridized carbons (Fsp3) is 0.368. The second kappa shape index (κ2) is 20.5. The Kier molecular flexibility index (Phi) is 13.6. The summed E-state index contributed by atoms with van der Waals surface area (Å²) in [6.07, 6.45) is 11.2. The van der Waals surface area contributed by atoms with Gasteiger partial charge in [0.25, 0.3) is 0 Å². The molecule has 4 fully saturated rings. The maximum Gasteiger partial charge on any atom is 0.228 e. The molecule has 0 spiro atoms. The standard InChI is InChI=1S/C76H82N8O4/c1-71(2,3)43-25-21-41(22-26-43)61-53-29-33-57(77-53)65(63-49(81-67(85)45-37-73(45,7)8)17-15-18-50(63)82-68(86)46-38-74(46,9)10)59-35-31-55(79-59)62(42-23-27-44(28-24-42)72(4,5)6)56-32-36-60(80-56)66(58-34-30-54(61)78-58)64-51(83-69(87)47-39-75(47,11)12)19-16-20-52(64)84-70(88)48-40-76(48,13)14/h15-36,45-48,77,80H,37-40H2,1-14H3,(H,81,85)(H,82,86)(H,83,87)(H,84,88)/t45-,46-,47-,48-/m1/s1. The molecule has 4 amide bonds. The van der Waals surface area contributed by atoms with Crippen molar-refractivity contribution in [2.75, 3.05) is 21.3 Å². The molecule has 13 rings (SSSR count). The van der Waals surface area contributed by atoms with E-state index in [-0.39, 0.29) is 79.8 Å². The van der Waals surface area contributed by atoms with Crippen LogP contribution < -0.4 is 21.3 Å². The number of nitrogens with zero attached hydrogens (tertiary/aromatic N) is 2. The van der Waals surface area contributed by atoms with Crippen molar-refractivity contribution < 1.29 is 19.2 Å². The summed E-state index contributed by atoms with van der Waals surface area (Å²) >= 11 is 0. The molecule has 7 aromatic rings. The Morgan fingerprint density at radius 2 is 0.602 bits per heavy atom. The number of hydrogen-bond donors (Lipinski definition) is 6. The summed E-state index contributed by atoms with van der Waals surface area (Å²) in [5, 5.41) is 13.5. The monoisotopic (exact) mass is 1170 g/mol. The van der Waals surface area contributed by atoms with E-state index in [0.29, 0.717) is 78.8 Å². The van der Waals surface area contributed by atoms with Crippen LogP contribution in [0.15, 0.2) is 109 Å². The maximum atomic E-state index is 14.4. The molecule has 12 nitrogen and oxygen atoms in total. The number of H-pyrrole nitrogens is 2. The van der Waals surface area contributed by atoms with Crippen LogP contribution in [-0.4, -0.2) is 43.6 Å². The fourth-order valence-electron chi connectivity index (χ4n) is 13.2. The highest BCUT2D eigenvalue weighted by atomic mass is 16.2. The van der Waals surface area contributed by atoms with Crippen molar-refractivity contribution in [1.29, 1.82) is 0 Å². The fourth-order valence-corrected chi connectivity index (χ4v) is 13.2. The molecule has 450 valence electrons. The van der Waals surface area contributed by atoms with Crippen molar-refractivity contribution in [2.45, 2.75) is 133 Å². The van der Waals surface area contributed by atoms with Crippen LogP contribution in [0.4, 0.5) is 22.7 Å². The number of anilines is 4. The van der Waals surface area contributed by atoms with Gasteiger partial charge in [-0.2, -0.15) is 0 Å². The van der Waals surface area contributed by atoms with Crippen molar-refractivity contribution in [3.05, 3.63) is 143 Å². The number of fused-ring (bicyclic) bond motifs is 8. The van der Waals surface area contributed by atoms with Crippen LogP contribution in [0.2, 0.25) is 0 Å². The van der Waals surface area contributed by atoms with E-state index in [2.05, 4.69) is 201 Å². The largest absolute Gasteiger partial charge is 0.354 e. The molecule has 4 aliphatic carbocycles. The zero-order chi connectivity index (χ0) is 62.4. The second-order valence-corrected chi connectivity index (χ2v) is 30.6. The number of aromatic nitrogens is 4. The zero-order valence-electron chi connectivity index (χ0n) is 53.4. The van der Waals surface area contributed by atoms with Gasteiger partial charge in [0.15, 0.2) is 0 Å². The number of hydrogen-bond acceptors (Lipinski definition) is 6. The van der Waals surface area contributed by atoms with Crippen molar-refractivity contribution in [2.24, 2.45) is 45.3 Å². The van der Waals surface area contributed by atoms with Crippen molar-refractivity contribution in [1.82, 2.24) is 19.9 Å². The third kappa shape index (κ3) is 10.9. The minimum Gasteiger partial charge on any atom is -0.354 e. The highest BCUT2D eigenvalue weighted by Gasteiger charge is 2.53. The first-order valence-corrected chi connectivity index (χ1v) is 31.3. The van der Waals surface area contributed by atoms with E-state index in [0.717, 1.165) is 59.0 Å². The normalized spacial score (nSPS) is 20.4. The zero-order valence-corrected chi connectivity index (χ0v) is 53.4. The van der Waals surface area contributed by atoms with Crippen LogP contribution in [0, 0.1) is 45.3 Å². The van der Waals surface area contributed by atoms with Gasteiger partial charge in [0, 0.05) is 79.1 Å². The molecule has 6 N–H and O–H groups in total. The van der Waals surface area contributed by atoms with E-state index in [9.17, 15) is 19.2 Å². The molecule has 88 heavy (non-hydrogen) atoms. The summed E-state index contributed by atoms with van der Waals surface area (Å²) in [6, 6.07) is 37.1. The van der Waals surface area contributed by atoms with Crippen LogP contribution in [0.5, 0.6) is 0 Å². The topological polar surface area (TPSA) is 174 Å². The van der Waals surface area contributed by atoms with Gasteiger partial charge < -0.3 is 31.2 Å². The quantitative estimate of drug-likeness (QED) is 0.0710. The Morgan fingerprint density at radius 3 is 0.841 bits per heavy atom. The summed E-state index contributed by atoms with van der Waals surface area (Å²) in [4.78, 5) is 76.8. The summed E-state index contributed by atoms with van der Waals surface area (Å²) in [6.45, 7) is 30.2. The molecule has 4 atom stereocenters. The van der Waals surface area contributed by atoms with E-state index in [1.807, 2.05) is 60.7 Å². The lowest BCUT2D eigenvalue weighted by molar-refractivity contribution is -0.118. The van der Waals surface area contributed by atoms with Gasteiger partial charge in [-0.05, 0) is 153 Å². The molecule has 0 unspecified atom stereocenters. The number of benzene rings is 4. The van der Waals surface area contributed by atoms with Gasteiger partial charge in [0.1, 0.15) is 0 Å². The van der Waals surface area contributed by atoms with Gasteiger partial charge in [0.2, 0.25) is 23.6 Å².